The Hall–Kier alpha value is -2.96. The van der Waals surface area contributed by atoms with Gasteiger partial charge in [-0.1, -0.05) is 48.5 Å². The van der Waals surface area contributed by atoms with Crippen LogP contribution in [-0.2, 0) is 11.3 Å². The Morgan fingerprint density at radius 2 is 1.85 bits per heavy atom. The van der Waals surface area contributed by atoms with Crippen LogP contribution in [0.15, 0.2) is 73.1 Å². The minimum absolute atomic E-state index is 0.0248. The lowest BCUT2D eigenvalue weighted by atomic mass is 9.94. The molecule has 1 aliphatic rings. The van der Waals surface area contributed by atoms with Gasteiger partial charge >= 0.3 is 0 Å². The van der Waals surface area contributed by atoms with Gasteiger partial charge in [-0.2, -0.15) is 5.10 Å². The molecule has 4 rings (SSSR count). The Morgan fingerprint density at radius 3 is 2.62 bits per heavy atom. The van der Waals surface area contributed by atoms with Gasteiger partial charge in [0.2, 0.25) is 5.91 Å². The van der Waals surface area contributed by atoms with Gasteiger partial charge in [-0.25, -0.2) is 10.1 Å². The molecular weight excluding hydrogens is 326 g/mol. The van der Waals surface area contributed by atoms with Gasteiger partial charge in [0.15, 0.2) is 0 Å². The summed E-state index contributed by atoms with van der Waals surface area (Å²) in [6.07, 6.45) is 3.72. The van der Waals surface area contributed by atoms with Gasteiger partial charge in [0, 0.05) is 24.8 Å². The van der Waals surface area contributed by atoms with Crippen molar-refractivity contribution in [1.29, 1.82) is 0 Å². The quantitative estimate of drug-likeness (QED) is 0.660. The van der Waals surface area contributed by atoms with Gasteiger partial charge in [0.05, 0.1) is 23.8 Å². The Kier molecular flexibility index (Phi) is 4.77. The van der Waals surface area contributed by atoms with Crippen molar-refractivity contribution in [3.05, 3.63) is 84.2 Å². The molecule has 0 aliphatic carbocycles. The molecule has 2 atom stereocenters. The van der Waals surface area contributed by atoms with E-state index in [2.05, 4.69) is 21.3 Å². The van der Waals surface area contributed by atoms with E-state index in [0.717, 1.165) is 16.8 Å². The highest BCUT2D eigenvalue weighted by Crippen LogP contribution is 2.24. The van der Waals surface area contributed by atoms with Crippen molar-refractivity contribution < 1.29 is 4.79 Å². The molecule has 2 aromatic carbocycles. The third kappa shape index (κ3) is 3.51. The molecule has 1 aromatic heterocycles. The summed E-state index contributed by atoms with van der Waals surface area (Å²) in [5.74, 6) is -0.120. The first-order valence-electron chi connectivity index (χ1n) is 8.71. The van der Waals surface area contributed by atoms with Crippen molar-refractivity contribution in [3.63, 3.8) is 0 Å². The van der Waals surface area contributed by atoms with Crippen LogP contribution in [-0.4, -0.2) is 22.2 Å². The molecule has 0 saturated carbocycles. The summed E-state index contributed by atoms with van der Waals surface area (Å²) in [5, 5.41) is 7.40. The highest BCUT2D eigenvalue weighted by Gasteiger charge is 2.33. The number of hydrogen-bond acceptors (Lipinski definition) is 4. The zero-order valence-electron chi connectivity index (χ0n) is 14.3. The number of rotatable bonds is 5. The number of nitrogens with one attached hydrogen (secondary N) is 3. The first-order chi connectivity index (χ1) is 12.8. The molecule has 6 nitrogen and oxygen atoms in total. The SMILES string of the molecule is O=C(NCc1cnn(-c2ccccc2)c1)C1CNNC1c1ccccc1. The fourth-order valence-electron chi connectivity index (χ4n) is 3.21. The molecule has 26 heavy (non-hydrogen) atoms. The predicted molar refractivity (Wildman–Crippen MR) is 99.2 cm³/mol. The van der Waals surface area contributed by atoms with E-state index in [1.54, 1.807) is 6.20 Å². The molecule has 3 N–H and O–H groups in total. The molecular formula is C20H21N5O. The van der Waals surface area contributed by atoms with Crippen molar-refractivity contribution in [2.24, 2.45) is 5.92 Å². The van der Waals surface area contributed by atoms with Gasteiger partial charge in [-0.15, -0.1) is 0 Å². The highest BCUT2D eigenvalue weighted by molar-refractivity contribution is 5.80. The van der Waals surface area contributed by atoms with Crippen LogP contribution in [0.4, 0.5) is 0 Å². The Bertz CT molecular complexity index is 862. The van der Waals surface area contributed by atoms with E-state index in [4.69, 9.17) is 0 Å². The maximum absolute atomic E-state index is 12.7. The predicted octanol–water partition coefficient (Wildman–Crippen LogP) is 1.95. The van der Waals surface area contributed by atoms with Crippen LogP contribution in [0.25, 0.3) is 5.69 Å². The maximum Gasteiger partial charge on any atom is 0.226 e. The third-order valence-corrected chi connectivity index (χ3v) is 4.60. The van der Waals surface area contributed by atoms with Gasteiger partial charge < -0.3 is 5.32 Å². The molecule has 1 fully saturated rings. The maximum atomic E-state index is 12.7. The van der Waals surface area contributed by atoms with E-state index < -0.39 is 0 Å². The lowest BCUT2D eigenvalue weighted by Gasteiger charge is -2.18. The van der Waals surface area contributed by atoms with Crippen molar-refractivity contribution in [1.82, 2.24) is 25.9 Å². The van der Waals surface area contributed by atoms with Gasteiger partial charge in [-0.3, -0.25) is 10.2 Å². The summed E-state index contributed by atoms with van der Waals surface area (Å²) in [7, 11) is 0. The molecule has 2 unspecified atom stereocenters. The van der Waals surface area contributed by atoms with Crippen LogP contribution in [0.3, 0.4) is 0 Å². The lowest BCUT2D eigenvalue weighted by molar-refractivity contribution is -0.125. The molecule has 1 amide bonds. The second kappa shape index (κ2) is 7.51. The van der Waals surface area contributed by atoms with E-state index in [0.29, 0.717) is 13.1 Å². The summed E-state index contributed by atoms with van der Waals surface area (Å²) < 4.78 is 1.81. The van der Waals surface area contributed by atoms with E-state index in [1.807, 2.05) is 71.5 Å². The average Bonchev–Trinajstić information content (AvgIpc) is 3.37. The van der Waals surface area contributed by atoms with Crippen LogP contribution >= 0.6 is 0 Å². The summed E-state index contributed by atoms with van der Waals surface area (Å²) in [6, 6.07) is 19.9. The Morgan fingerprint density at radius 1 is 1.12 bits per heavy atom. The summed E-state index contributed by atoms with van der Waals surface area (Å²) in [5.41, 5.74) is 9.37. The molecule has 2 heterocycles. The fourth-order valence-corrected chi connectivity index (χ4v) is 3.21. The van der Waals surface area contributed by atoms with Gasteiger partial charge in [0.1, 0.15) is 0 Å². The smallest absolute Gasteiger partial charge is 0.226 e. The molecule has 132 valence electrons. The van der Waals surface area contributed by atoms with E-state index in [-0.39, 0.29) is 17.9 Å². The summed E-state index contributed by atoms with van der Waals surface area (Å²) in [6.45, 7) is 1.07. The van der Waals surface area contributed by atoms with Crippen molar-refractivity contribution >= 4 is 5.91 Å². The first-order valence-corrected chi connectivity index (χ1v) is 8.71. The average molecular weight is 347 g/mol. The second-order valence-corrected chi connectivity index (χ2v) is 6.37. The van der Waals surface area contributed by atoms with E-state index in [1.165, 1.54) is 0 Å². The summed E-state index contributed by atoms with van der Waals surface area (Å²) in [4.78, 5) is 12.7. The number of amides is 1. The molecule has 6 heteroatoms. The molecule has 0 radical (unpaired) electrons. The van der Waals surface area contributed by atoms with Crippen LogP contribution < -0.4 is 16.2 Å². The van der Waals surface area contributed by atoms with E-state index in [9.17, 15) is 4.79 Å². The van der Waals surface area contributed by atoms with Crippen molar-refractivity contribution in [3.8, 4) is 5.69 Å². The normalized spacial score (nSPS) is 19.4. The fraction of sp³-hybridized carbons (Fsp3) is 0.200. The third-order valence-electron chi connectivity index (χ3n) is 4.60. The van der Waals surface area contributed by atoms with Crippen LogP contribution in [0.5, 0.6) is 0 Å². The zero-order chi connectivity index (χ0) is 17.8. The highest BCUT2D eigenvalue weighted by atomic mass is 16.2. The first kappa shape index (κ1) is 16.5. The molecule has 0 spiro atoms. The number of hydrazine groups is 1. The number of aromatic nitrogens is 2. The topological polar surface area (TPSA) is 71.0 Å². The second-order valence-electron chi connectivity index (χ2n) is 6.37. The number of carbonyl (C=O) groups excluding carboxylic acids is 1. The van der Waals surface area contributed by atoms with Crippen LogP contribution in [0.1, 0.15) is 17.2 Å². The number of benzene rings is 2. The molecule has 3 aromatic rings. The minimum Gasteiger partial charge on any atom is -0.352 e. The summed E-state index contributed by atoms with van der Waals surface area (Å²) >= 11 is 0. The standard InChI is InChI=1S/C20H21N5O/c26-20(18-13-22-24-19(18)16-7-3-1-4-8-16)21-11-15-12-23-25(14-15)17-9-5-2-6-10-17/h1-10,12,14,18-19,22,24H,11,13H2,(H,21,26). The van der Waals surface area contributed by atoms with Crippen LogP contribution in [0, 0.1) is 5.92 Å². The largest absolute Gasteiger partial charge is 0.352 e. The molecule has 1 aliphatic heterocycles. The van der Waals surface area contributed by atoms with E-state index >= 15 is 0 Å². The Balaban J connectivity index is 1.39. The monoisotopic (exact) mass is 347 g/mol. The lowest BCUT2D eigenvalue weighted by Crippen LogP contribution is -2.34. The number of hydrogen-bond donors (Lipinski definition) is 3. The number of nitrogens with zero attached hydrogens (tertiary/aromatic N) is 2. The Labute approximate surface area is 152 Å². The number of carbonyl (C=O) groups is 1. The number of para-hydroxylation sites is 1. The van der Waals surface area contributed by atoms with Gasteiger partial charge in [0.25, 0.3) is 0 Å². The molecule has 0 bridgehead atoms. The van der Waals surface area contributed by atoms with Crippen molar-refractivity contribution in [2.45, 2.75) is 12.6 Å². The molecule has 1 saturated heterocycles. The van der Waals surface area contributed by atoms with Crippen LogP contribution in [0.2, 0.25) is 0 Å². The zero-order valence-corrected chi connectivity index (χ0v) is 14.3. The van der Waals surface area contributed by atoms with Gasteiger partial charge in [-0.05, 0) is 17.7 Å². The van der Waals surface area contributed by atoms with Crippen molar-refractivity contribution in [2.75, 3.05) is 6.54 Å². The minimum atomic E-state index is -0.151.